The number of nitrogens with zero attached hydrogens (tertiary/aromatic N) is 5. The normalized spacial score (nSPS) is 24.0. The Hall–Kier alpha value is -3.14. The Morgan fingerprint density at radius 2 is 1.78 bits per heavy atom. The third kappa shape index (κ3) is 5.67. The van der Waals surface area contributed by atoms with Crippen molar-refractivity contribution in [3.05, 3.63) is 23.9 Å². The van der Waals surface area contributed by atoms with Crippen molar-refractivity contribution in [3.8, 4) is 0 Å². The van der Waals surface area contributed by atoms with E-state index in [-0.39, 0.29) is 23.8 Å². The summed E-state index contributed by atoms with van der Waals surface area (Å²) in [5.41, 5.74) is 2.97. The molecule has 10 nitrogen and oxygen atoms in total. The van der Waals surface area contributed by atoms with Gasteiger partial charge in [0, 0.05) is 70.1 Å². The van der Waals surface area contributed by atoms with Crippen molar-refractivity contribution >= 4 is 34.5 Å². The molecule has 3 saturated heterocycles. The molecule has 1 unspecified atom stereocenters. The number of aromatic nitrogens is 2. The van der Waals surface area contributed by atoms with Gasteiger partial charge in [0.05, 0.1) is 22.8 Å². The molecule has 1 atom stereocenters. The summed E-state index contributed by atoms with van der Waals surface area (Å²) < 4.78 is 7.45. The van der Waals surface area contributed by atoms with Gasteiger partial charge < -0.3 is 14.5 Å². The smallest absolute Gasteiger partial charge is 0.410 e. The van der Waals surface area contributed by atoms with E-state index in [1.807, 2.05) is 37.4 Å². The van der Waals surface area contributed by atoms with E-state index in [9.17, 15) is 14.4 Å². The number of amides is 3. The number of carbonyl (C=O) groups excluding carboxylic acids is 3. The van der Waals surface area contributed by atoms with Gasteiger partial charge in [-0.2, -0.15) is 5.10 Å². The number of nitrogens with one attached hydrogen (secondary N) is 1. The highest BCUT2D eigenvalue weighted by Gasteiger charge is 2.46. The van der Waals surface area contributed by atoms with E-state index in [0.717, 1.165) is 68.3 Å². The van der Waals surface area contributed by atoms with Crippen molar-refractivity contribution in [2.24, 2.45) is 18.4 Å². The van der Waals surface area contributed by atoms with Crippen LogP contribution in [0.1, 0.15) is 70.9 Å². The number of anilines is 1. The van der Waals surface area contributed by atoms with Crippen molar-refractivity contribution in [2.45, 2.75) is 70.8 Å². The first-order valence-electron chi connectivity index (χ1n) is 15.2. The van der Waals surface area contributed by atoms with Crippen molar-refractivity contribution in [1.29, 1.82) is 0 Å². The first kappa shape index (κ1) is 28.0. The number of imide groups is 1. The molecular weight excluding hydrogens is 520 g/mol. The predicted octanol–water partition coefficient (Wildman–Crippen LogP) is 3.64. The Morgan fingerprint density at radius 1 is 1.07 bits per heavy atom. The fourth-order valence-electron chi connectivity index (χ4n) is 7.34. The average Bonchev–Trinajstić information content (AvgIpc) is 3.24. The van der Waals surface area contributed by atoms with Crippen molar-refractivity contribution in [2.75, 3.05) is 50.7 Å². The number of ether oxygens (including phenoxy) is 1. The molecule has 3 amide bonds. The fourth-order valence-corrected chi connectivity index (χ4v) is 7.34. The highest BCUT2D eigenvalue weighted by Crippen LogP contribution is 2.48. The number of piperidine rings is 1. The van der Waals surface area contributed by atoms with Crippen LogP contribution >= 0.6 is 0 Å². The first-order valence-corrected chi connectivity index (χ1v) is 15.2. The second-order valence-corrected chi connectivity index (χ2v) is 13.8. The van der Waals surface area contributed by atoms with Gasteiger partial charge in [0.2, 0.25) is 11.8 Å². The first-order chi connectivity index (χ1) is 19.5. The molecule has 41 heavy (non-hydrogen) atoms. The topological polar surface area (TPSA) is 100 Å². The van der Waals surface area contributed by atoms with Crippen LogP contribution in [0.25, 0.3) is 10.9 Å². The third-order valence-electron chi connectivity index (χ3n) is 9.54. The molecule has 6 rings (SSSR count). The Bertz CT molecular complexity index is 1320. The van der Waals surface area contributed by atoms with E-state index in [0.29, 0.717) is 18.3 Å². The highest BCUT2D eigenvalue weighted by molar-refractivity contribution is 6.03. The van der Waals surface area contributed by atoms with Crippen molar-refractivity contribution in [1.82, 2.24) is 24.9 Å². The Balaban J connectivity index is 1.02. The monoisotopic (exact) mass is 564 g/mol. The molecule has 1 aromatic carbocycles. The number of rotatable bonds is 4. The molecule has 3 aliphatic heterocycles. The van der Waals surface area contributed by atoms with Gasteiger partial charge in [-0.1, -0.05) is 12.1 Å². The molecule has 222 valence electrons. The van der Waals surface area contributed by atoms with Gasteiger partial charge in [-0.3, -0.25) is 24.5 Å². The standard InChI is InChI=1S/C31H44N6O4/c1-30(2,3)41-29(40)36-16-14-35(15-17-36)18-21-10-12-31(13-11-21)19-37(20-31)24-7-5-6-22-26(33-34(4)27(22)24)23-8-9-25(38)32-28(23)39/h5-7,21,23H,8-20H2,1-4H3,(H,32,38,39). The summed E-state index contributed by atoms with van der Waals surface area (Å²) in [6, 6.07) is 6.30. The van der Waals surface area contributed by atoms with Gasteiger partial charge in [0.15, 0.2) is 0 Å². The third-order valence-corrected chi connectivity index (χ3v) is 9.54. The van der Waals surface area contributed by atoms with Crippen LogP contribution in [0.4, 0.5) is 10.5 Å². The van der Waals surface area contributed by atoms with Gasteiger partial charge in [-0.25, -0.2) is 4.79 Å². The number of fused-ring (bicyclic) bond motifs is 1. The average molecular weight is 565 g/mol. The van der Waals surface area contributed by atoms with E-state index in [1.54, 1.807) is 0 Å². The minimum absolute atomic E-state index is 0.194. The predicted molar refractivity (Wildman–Crippen MR) is 157 cm³/mol. The molecule has 0 radical (unpaired) electrons. The lowest BCUT2D eigenvalue weighted by atomic mass is 9.65. The molecule has 1 N–H and O–H groups in total. The van der Waals surface area contributed by atoms with E-state index in [4.69, 9.17) is 9.84 Å². The molecule has 0 bridgehead atoms. The summed E-state index contributed by atoms with van der Waals surface area (Å²) in [6.07, 6.45) is 5.70. The molecule has 4 heterocycles. The van der Waals surface area contributed by atoms with Crippen LogP contribution in [0.15, 0.2) is 18.2 Å². The van der Waals surface area contributed by atoms with Crippen LogP contribution in [0.3, 0.4) is 0 Å². The lowest BCUT2D eigenvalue weighted by Crippen LogP contribution is -2.58. The van der Waals surface area contributed by atoms with Crippen LogP contribution in [0.5, 0.6) is 0 Å². The fraction of sp³-hybridized carbons (Fsp3) is 0.677. The molecule has 4 fully saturated rings. The number of piperazine rings is 1. The van der Waals surface area contributed by atoms with Crippen LogP contribution in [0, 0.1) is 11.3 Å². The van der Waals surface area contributed by atoms with E-state index >= 15 is 0 Å². The van der Waals surface area contributed by atoms with Gasteiger partial charge >= 0.3 is 6.09 Å². The van der Waals surface area contributed by atoms with Crippen LogP contribution in [-0.4, -0.2) is 88.9 Å². The van der Waals surface area contributed by atoms with Gasteiger partial charge in [-0.05, 0) is 64.9 Å². The summed E-state index contributed by atoms with van der Waals surface area (Å²) in [5.74, 6) is -0.103. The molecule has 1 spiro atoms. The number of hydrogen-bond acceptors (Lipinski definition) is 7. The molecule has 10 heteroatoms. The molecule has 4 aliphatic rings. The van der Waals surface area contributed by atoms with E-state index < -0.39 is 5.60 Å². The van der Waals surface area contributed by atoms with Gasteiger partial charge in [-0.15, -0.1) is 0 Å². The summed E-state index contributed by atoms with van der Waals surface area (Å²) in [7, 11) is 1.95. The largest absolute Gasteiger partial charge is 0.444 e. The molecule has 2 aromatic rings. The zero-order valence-corrected chi connectivity index (χ0v) is 24.9. The van der Waals surface area contributed by atoms with Crippen LogP contribution in [0.2, 0.25) is 0 Å². The number of hydrogen-bond donors (Lipinski definition) is 1. The molecule has 1 aromatic heterocycles. The number of para-hydroxylation sites is 1. The second kappa shape index (κ2) is 10.6. The highest BCUT2D eigenvalue weighted by atomic mass is 16.6. The zero-order chi connectivity index (χ0) is 28.9. The van der Waals surface area contributed by atoms with Gasteiger partial charge in [0.25, 0.3) is 0 Å². The Labute approximate surface area is 242 Å². The SMILES string of the molecule is Cn1nc(C2CCC(=O)NC2=O)c2cccc(N3CC4(CCC(CN5CCN(C(=O)OC(C)(C)C)CC5)CC4)C3)c21. The van der Waals surface area contributed by atoms with Crippen molar-refractivity contribution < 1.29 is 19.1 Å². The summed E-state index contributed by atoms with van der Waals surface area (Å²) in [4.78, 5) is 43.5. The van der Waals surface area contributed by atoms with Crippen LogP contribution < -0.4 is 10.2 Å². The number of aryl methyl sites for hydroxylation is 1. The lowest BCUT2D eigenvalue weighted by molar-refractivity contribution is -0.134. The maximum absolute atomic E-state index is 12.6. The van der Waals surface area contributed by atoms with Crippen LogP contribution in [-0.2, 0) is 21.4 Å². The second-order valence-electron chi connectivity index (χ2n) is 13.8. The lowest BCUT2D eigenvalue weighted by Gasteiger charge is -2.55. The molecule has 1 saturated carbocycles. The quantitative estimate of drug-likeness (QED) is 0.566. The maximum Gasteiger partial charge on any atom is 0.410 e. The summed E-state index contributed by atoms with van der Waals surface area (Å²) in [5, 5.41) is 8.27. The minimum Gasteiger partial charge on any atom is -0.444 e. The zero-order valence-electron chi connectivity index (χ0n) is 24.9. The number of carbonyl (C=O) groups is 3. The number of benzene rings is 1. The minimum atomic E-state index is -0.452. The maximum atomic E-state index is 12.6. The Kier molecular flexibility index (Phi) is 7.24. The van der Waals surface area contributed by atoms with Crippen molar-refractivity contribution in [3.63, 3.8) is 0 Å². The summed E-state index contributed by atoms with van der Waals surface area (Å²) >= 11 is 0. The van der Waals surface area contributed by atoms with E-state index in [2.05, 4.69) is 33.3 Å². The van der Waals surface area contributed by atoms with E-state index in [1.165, 1.54) is 31.4 Å². The molecular formula is C31H44N6O4. The molecule has 1 aliphatic carbocycles. The summed E-state index contributed by atoms with van der Waals surface area (Å²) in [6.45, 7) is 12.3. The van der Waals surface area contributed by atoms with Gasteiger partial charge in [0.1, 0.15) is 5.60 Å². The Morgan fingerprint density at radius 3 is 2.44 bits per heavy atom.